The van der Waals surface area contributed by atoms with Gasteiger partial charge in [0.25, 0.3) is 0 Å². The van der Waals surface area contributed by atoms with Crippen molar-refractivity contribution in [1.29, 1.82) is 0 Å². The van der Waals surface area contributed by atoms with Crippen LogP contribution in [-0.4, -0.2) is 21.9 Å². The molecule has 0 aromatic carbocycles. The van der Waals surface area contributed by atoms with Gasteiger partial charge in [0.15, 0.2) is 0 Å². The van der Waals surface area contributed by atoms with Crippen molar-refractivity contribution < 1.29 is 10.2 Å². The van der Waals surface area contributed by atoms with Crippen LogP contribution in [0.3, 0.4) is 0 Å². The van der Waals surface area contributed by atoms with Crippen molar-refractivity contribution in [2.45, 2.75) is 32.5 Å². The number of hydrogen-bond acceptors (Lipinski definition) is 2. The Hall–Kier alpha value is -0.600. The lowest BCUT2D eigenvalue weighted by molar-refractivity contribution is -0.00528. The van der Waals surface area contributed by atoms with Crippen molar-refractivity contribution in [2.24, 2.45) is 0 Å². The summed E-state index contributed by atoms with van der Waals surface area (Å²) >= 11 is 0. The molecule has 0 amide bonds. The summed E-state index contributed by atoms with van der Waals surface area (Å²) in [6.07, 6.45) is 2.25. The van der Waals surface area contributed by atoms with E-state index in [1.165, 1.54) is 13.0 Å². The van der Waals surface area contributed by atoms with Gasteiger partial charge in [0.05, 0.1) is 0 Å². The maximum atomic E-state index is 9.48. The first-order valence-electron chi connectivity index (χ1n) is 3.62. The van der Waals surface area contributed by atoms with Gasteiger partial charge >= 0.3 is 0 Å². The highest BCUT2D eigenvalue weighted by molar-refractivity contribution is 5.14. The van der Waals surface area contributed by atoms with E-state index in [0.717, 1.165) is 5.57 Å². The highest BCUT2D eigenvalue weighted by Gasteiger charge is 2.27. The van der Waals surface area contributed by atoms with Crippen LogP contribution in [0.1, 0.15) is 20.8 Å². The lowest BCUT2D eigenvalue weighted by Crippen LogP contribution is -2.37. The van der Waals surface area contributed by atoms with Crippen molar-refractivity contribution in [3.63, 3.8) is 0 Å². The summed E-state index contributed by atoms with van der Waals surface area (Å²) in [4.78, 5) is 0. The van der Waals surface area contributed by atoms with Crippen LogP contribution in [0.4, 0.5) is 0 Å². The van der Waals surface area contributed by atoms with E-state index in [2.05, 4.69) is 6.58 Å². The molecule has 0 aromatic heterocycles. The van der Waals surface area contributed by atoms with E-state index >= 15 is 0 Å². The molecule has 2 unspecified atom stereocenters. The SMILES string of the molecule is C=CC(C)(O)C(O)C(C)=CC. The van der Waals surface area contributed by atoms with Gasteiger partial charge in [-0.2, -0.15) is 0 Å². The minimum Gasteiger partial charge on any atom is -0.385 e. The van der Waals surface area contributed by atoms with E-state index < -0.39 is 11.7 Å². The number of aliphatic hydroxyl groups excluding tert-OH is 1. The van der Waals surface area contributed by atoms with Crippen LogP contribution in [0.2, 0.25) is 0 Å². The zero-order valence-corrected chi connectivity index (χ0v) is 7.33. The Kier molecular flexibility index (Phi) is 3.49. The number of rotatable bonds is 3. The summed E-state index contributed by atoms with van der Waals surface area (Å²) in [6.45, 7) is 8.54. The number of allylic oxidation sites excluding steroid dienone is 1. The molecular formula is C9H16O2. The standard InChI is InChI=1S/C9H16O2/c1-5-7(3)8(10)9(4,11)6-2/h5-6,8,10-11H,2H2,1,3-4H3. The molecule has 2 heteroatoms. The van der Waals surface area contributed by atoms with E-state index in [0.29, 0.717) is 0 Å². The van der Waals surface area contributed by atoms with Gasteiger partial charge in [-0.15, -0.1) is 6.58 Å². The first kappa shape index (κ1) is 10.4. The van der Waals surface area contributed by atoms with Gasteiger partial charge in [0, 0.05) is 0 Å². The van der Waals surface area contributed by atoms with Crippen molar-refractivity contribution in [3.05, 3.63) is 24.3 Å². The molecule has 0 bridgehead atoms. The van der Waals surface area contributed by atoms with Crippen molar-refractivity contribution in [1.82, 2.24) is 0 Å². The van der Waals surface area contributed by atoms with Crippen LogP contribution < -0.4 is 0 Å². The molecule has 2 nitrogen and oxygen atoms in total. The molecule has 0 aromatic rings. The molecular weight excluding hydrogens is 140 g/mol. The minimum atomic E-state index is -1.23. The molecule has 0 rings (SSSR count). The van der Waals surface area contributed by atoms with E-state index in [1.54, 1.807) is 13.0 Å². The first-order chi connectivity index (χ1) is 4.95. The summed E-state index contributed by atoms with van der Waals surface area (Å²) in [7, 11) is 0. The summed E-state index contributed by atoms with van der Waals surface area (Å²) in [5.74, 6) is 0. The van der Waals surface area contributed by atoms with Gasteiger partial charge in [-0.25, -0.2) is 0 Å². The summed E-state index contributed by atoms with van der Waals surface area (Å²) in [6, 6.07) is 0. The molecule has 0 spiro atoms. The molecule has 0 radical (unpaired) electrons. The Balaban J connectivity index is 4.47. The maximum absolute atomic E-state index is 9.48. The lowest BCUT2D eigenvalue weighted by Gasteiger charge is -2.25. The number of aliphatic hydroxyl groups is 2. The zero-order chi connectivity index (χ0) is 9.07. The molecule has 2 atom stereocenters. The predicted octanol–water partition coefficient (Wildman–Crippen LogP) is 1.25. The molecule has 0 aliphatic carbocycles. The molecule has 0 heterocycles. The Morgan fingerprint density at radius 3 is 2.36 bits per heavy atom. The third-order valence-electron chi connectivity index (χ3n) is 1.85. The smallest absolute Gasteiger partial charge is 0.109 e. The van der Waals surface area contributed by atoms with Crippen LogP contribution >= 0.6 is 0 Å². The maximum Gasteiger partial charge on any atom is 0.109 e. The summed E-state index contributed by atoms with van der Waals surface area (Å²) in [5.41, 5.74) is -0.480. The van der Waals surface area contributed by atoms with Crippen LogP contribution in [0.5, 0.6) is 0 Å². The Labute approximate surface area is 67.9 Å². The van der Waals surface area contributed by atoms with Crippen LogP contribution in [0.15, 0.2) is 24.3 Å². The molecule has 0 saturated heterocycles. The summed E-state index contributed by atoms with van der Waals surface area (Å²) in [5, 5.41) is 18.9. The minimum absolute atomic E-state index is 0.745. The average Bonchev–Trinajstić information content (AvgIpc) is 2.01. The van der Waals surface area contributed by atoms with Gasteiger partial charge in [-0.1, -0.05) is 12.2 Å². The largest absolute Gasteiger partial charge is 0.385 e. The highest BCUT2D eigenvalue weighted by atomic mass is 16.3. The fraction of sp³-hybridized carbons (Fsp3) is 0.556. The third kappa shape index (κ3) is 2.48. The quantitative estimate of drug-likeness (QED) is 0.604. The highest BCUT2D eigenvalue weighted by Crippen LogP contribution is 2.17. The molecule has 64 valence electrons. The van der Waals surface area contributed by atoms with E-state index in [4.69, 9.17) is 0 Å². The van der Waals surface area contributed by atoms with Crippen LogP contribution in [0.25, 0.3) is 0 Å². The van der Waals surface area contributed by atoms with Gasteiger partial charge in [-0.05, 0) is 26.3 Å². The molecule has 0 aliphatic heterocycles. The Morgan fingerprint density at radius 1 is 1.64 bits per heavy atom. The Bertz CT molecular complexity index is 168. The van der Waals surface area contributed by atoms with Gasteiger partial charge < -0.3 is 10.2 Å². The fourth-order valence-corrected chi connectivity index (χ4v) is 0.730. The van der Waals surface area contributed by atoms with Gasteiger partial charge in [-0.3, -0.25) is 0 Å². The molecule has 0 aliphatic rings. The van der Waals surface area contributed by atoms with E-state index in [1.807, 2.05) is 6.92 Å². The van der Waals surface area contributed by atoms with Crippen LogP contribution in [0, 0.1) is 0 Å². The fourth-order valence-electron chi connectivity index (χ4n) is 0.730. The van der Waals surface area contributed by atoms with Crippen molar-refractivity contribution >= 4 is 0 Å². The second-order valence-electron chi connectivity index (χ2n) is 2.87. The van der Waals surface area contributed by atoms with E-state index in [-0.39, 0.29) is 0 Å². The Morgan fingerprint density at radius 2 is 2.09 bits per heavy atom. The van der Waals surface area contributed by atoms with Gasteiger partial charge in [0.2, 0.25) is 0 Å². The topological polar surface area (TPSA) is 40.5 Å². The van der Waals surface area contributed by atoms with E-state index in [9.17, 15) is 10.2 Å². The molecule has 2 N–H and O–H groups in total. The van der Waals surface area contributed by atoms with Crippen molar-refractivity contribution in [3.8, 4) is 0 Å². The zero-order valence-electron chi connectivity index (χ0n) is 7.33. The molecule has 0 saturated carbocycles. The lowest BCUT2D eigenvalue weighted by atomic mass is 9.94. The second kappa shape index (κ2) is 3.69. The summed E-state index contributed by atoms with van der Waals surface area (Å²) < 4.78 is 0. The molecule has 11 heavy (non-hydrogen) atoms. The second-order valence-corrected chi connectivity index (χ2v) is 2.87. The number of hydrogen-bond donors (Lipinski definition) is 2. The third-order valence-corrected chi connectivity index (χ3v) is 1.85. The normalized spacial score (nSPS) is 20.6. The van der Waals surface area contributed by atoms with Crippen LogP contribution in [-0.2, 0) is 0 Å². The predicted molar refractivity (Wildman–Crippen MR) is 46.3 cm³/mol. The first-order valence-corrected chi connectivity index (χ1v) is 3.62. The molecule has 0 fully saturated rings. The van der Waals surface area contributed by atoms with Gasteiger partial charge in [0.1, 0.15) is 11.7 Å². The average molecular weight is 156 g/mol. The van der Waals surface area contributed by atoms with Crippen molar-refractivity contribution in [2.75, 3.05) is 0 Å². The monoisotopic (exact) mass is 156 g/mol.